The third-order valence-electron chi connectivity index (χ3n) is 12.2. The van der Waals surface area contributed by atoms with Crippen LogP contribution in [0.15, 0.2) is 12.2 Å². The summed E-state index contributed by atoms with van der Waals surface area (Å²) < 4.78 is 33.5. The van der Waals surface area contributed by atoms with E-state index in [1.807, 2.05) is 0 Å². The van der Waals surface area contributed by atoms with Crippen LogP contribution in [0.2, 0.25) is 0 Å². The molecule has 2 saturated heterocycles. The maximum absolute atomic E-state index is 13.0. The van der Waals surface area contributed by atoms with Crippen molar-refractivity contribution in [2.45, 2.75) is 261 Å². The number of esters is 2. The van der Waals surface area contributed by atoms with Gasteiger partial charge in [0.2, 0.25) is 0 Å². The maximum Gasteiger partial charge on any atom is 0.306 e. The van der Waals surface area contributed by atoms with Gasteiger partial charge in [0.1, 0.15) is 55.4 Å². The molecule has 15 heteroatoms. The average molecular weight is 919 g/mol. The third kappa shape index (κ3) is 25.4. The molecule has 11 atom stereocenters. The van der Waals surface area contributed by atoms with Crippen molar-refractivity contribution in [1.29, 1.82) is 0 Å². The van der Waals surface area contributed by atoms with Crippen molar-refractivity contribution in [1.82, 2.24) is 0 Å². The molecule has 0 aromatic heterocycles. The van der Waals surface area contributed by atoms with Crippen LogP contribution < -0.4 is 0 Å². The summed E-state index contributed by atoms with van der Waals surface area (Å²) in [5.74, 6) is -0.926. The molecule has 0 aromatic carbocycles. The Morgan fingerprint density at radius 3 is 1.38 bits per heavy atom. The van der Waals surface area contributed by atoms with E-state index in [0.717, 1.165) is 57.8 Å². The molecule has 0 bridgehead atoms. The van der Waals surface area contributed by atoms with Gasteiger partial charge in [-0.05, 0) is 38.5 Å². The molecule has 2 aliphatic rings. The van der Waals surface area contributed by atoms with E-state index in [0.29, 0.717) is 12.8 Å². The van der Waals surface area contributed by atoms with Gasteiger partial charge in [0.15, 0.2) is 18.7 Å². The Kier molecular flexibility index (Phi) is 34.0. The molecule has 0 aliphatic carbocycles. The molecule has 15 nitrogen and oxygen atoms in total. The molecule has 0 radical (unpaired) electrons. The minimum Gasteiger partial charge on any atom is -0.462 e. The van der Waals surface area contributed by atoms with Crippen LogP contribution in [-0.4, -0.2) is 142 Å². The Bertz CT molecular complexity index is 1170. The lowest BCUT2D eigenvalue weighted by Gasteiger charge is -2.42. The molecular formula is C49H90O15. The summed E-state index contributed by atoms with van der Waals surface area (Å²) in [4.78, 5) is 25.7. The smallest absolute Gasteiger partial charge is 0.306 e. The minimum absolute atomic E-state index is 0.159. The quantitative estimate of drug-likeness (QED) is 0.0196. The van der Waals surface area contributed by atoms with Crippen LogP contribution in [0.4, 0.5) is 0 Å². The van der Waals surface area contributed by atoms with Crippen molar-refractivity contribution in [3.05, 3.63) is 12.2 Å². The Labute approximate surface area is 384 Å². The van der Waals surface area contributed by atoms with Gasteiger partial charge in [-0.2, -0.15) is 0 Å². The van der Waals surface area contributed by atoms with E-state index in [1.54, 1.807) is 0 Å². The minimum atomic E-state index is -1.76. The second-order valence-corrected chi connectivity index (χ2v) is 18.0. The van der Waals surface area contributed by atoms with Gasteiger partial charge in [0, 0.05) is 12.8 Å². The molecule has 0 spiro atoms. The zero-order valence-corrected chi connectivity index (χ0v) is 39.5. The number of hydrogen-bond donors (Lipinski definition) is 7. The van der Waals surface area contributed by atoms with Crippen LogP contribution in [0.25, 0.3) is 0 Å². The van der Waals surface area contributed by atoms with Gasteiger partial charge >= 0.3 is 11.9 Å². The molecular weight excluding hydrogens is 829 g/mol. The molecule has 0 saturated carbocycles. The van der Waals surface area contributed by atoms with Gasteiger partial charge < -0.3 is 64.2 Å². The first-order valence-corrected chi connectivity index (χ1v) is 25.3. The van der Waals surface area contributed by atoms with E-state index in [2.05, 4.69) is 26.0 Å². The largest absolute Gasteiger partial charge is 0.462 e. The van der Waals surface area contributed by atoms with Crippen LogP contribution in [0.5, 0.6) is 0 Å². The number of rotatable bonds is 39. The fraction of sp³-hybridized carbons (Fsp3) is 0.918. The predicted molar refractivity (Wildman–Crippen MR) is 243 cm³/mol. The number of ether oxygens (including phenoxy) is 6. The molecule has 2 heterocycles. The fourth-order valence-corrected chi connectivity index (χ4v) is 8.04. The van der Waals surface area contributed by atoms with Crippen LogP contribution >= 0.6 is 0 Å². The summed E-state index contributed by atoms with van der Waals surface area (Å²) in [5.41, 5.74) is 0. The molecule has 64 heavy (non-hydrogen) atoms. The number of carbonyl (C=O) groups excluding carboxylic acids is 2. The van der Waals surface area contributed by atoms with Crippen LogP contribution in [0.1, 0.15) is 194 Å². The van der Waals surface area contributed by atoms with Gasteiger partial charge in [-0.15, -0.1) is 0 Å². The highest BCUT2D eigenvalue weighted by molar-refractivity contribution is 5.70. The molecule has 0 aromatic rings. The van der Waals surface area contributed by atoms with Crippen molar-refractivity contribution in [2.24, 2.45) is 0 Å². The molecule has 0 amide bonds. The number of aliphatic hydroxyl groups excluding tert-OH is 7. The van der Waals surface area contributed by atoms with Gasteiger partial charge in [0.25, 0.3) is 0 Å². The van der Waals surface area contributed by atoms with Crippen molar-refractivity contribution in [3.8, 4) is 0 Å². The van der Waals surface area contributed by atoms with Gasteiger partial charge in [-0.1, -0.05) is 154 Å². The van der Waals surface area contributed by atoms with E-state index in [9.17, 15) is 45.3 Å². The second kappa shape index (κ2) is 37.2. The van der Waals surface area contributed by atoms with Gasteiger partial charge in [0.05, 0.1) is 19.8 Å². The normalized spacial score (nSPS) is 26.6. The Morgan fingerprint density at radius 2 is 0.891 bits per heavy atom. The highest BCUT2D eigenvalue weighted by atomic mass is 16.7. The summed E-state index contributed by atoms with van der Waals surface area (Å²) in [5, 5.41) is 72.0. The summed E-state index contributed by atoms with van der Waals surface area (Å²) in [6.07, 6.45) is 18.1. The number of aliphatic hydroxyl groups is 7. The predicted octanol–water partition coefficient (Wildman–Crippen LogP) is 6.60. The lowest BCUT2D eigenvalue weighted by Crippen LogP contribution is -2.61. The standard InChI is InChI=1S/C49H90O15/c1-3-5-7-9-11-13-15-17-18-20-22-24-26-28-30-32-41(52)62-37(34-59-40(51)31-29-27-25-23-21-19-16-14-12-10-8-6-4-2)35-60-48-47(58)45(56)43(54)39(64-48)36-61-49-46(57)44(55)42(53)38(33-50)63-49/h17-18,37-39,42-50,53-58H,3-16,19-36H2,1-2H3/b18-17-/t37?,38-,39-,42+,43+,44+,45+,46-,47-,48-,49+/m1/s1. The maximum atomic E-state index is 13.0. The lowest BCUT2D eigenvalue weighted by atomic mass is 9.98. The van der Waals surface area contributed by atoms with E-state index in [4.69, 9.17) is 28.4 Å². The zero-order valence-electron chi connectivity index (χ0n) is 39.5. The topological polar surface area (TPSA) is 231 Å². The van der Waals surface area contributed by atoms with Gasteiger partial charge in [-0.25, -0.2) is 0 Å². The monoisotopic (exact) mass is 919 g/mol. The first kappa shape index (κ1) is 58.4. The van der Waals surface area contributed by atoms with E-state index < -0.39 is 92.7 Å². The van der Waals surface area contributed by atoms with Crippen LogP contribution in [0.3, 0.4) is 0 Å². The van der Waals surface area contributed by atoms with Crippen LogP contribution in [0, 0.1) is 0 Å². The van der Waals surface area contributed by atoms with Crippen molar-refractivity contribution in [3.63, 3.8) is 0 Å². The summed E-state index contributed by atoms with van der Waals surface area (Å²) >= 11 is 0. The van der Waals surface area contributed by atoms with Gasteiger partial charge in [-0.3, -0.25) is 9.59 Å². The van der Waals surface area contributed by atoms with E-state index in [1.165, 1.54) is 96.3 Å². The number of unbranched alkanes of at least 4 members (excludes halogenated alkanes) is 23. The molecule has 376 valence electrons. The highest BCUT2D eigenvalue weighted by Crippen LogP contribution is 2.26. The van der Waals surface area contributed by atoms with E-state index in [-0.39, 0.29) is 26.1 Å². The Balaban J connectivity index is 1.82. The molecule has 2 fully saturated rings. The van der Waals surface area contributed by atoms with Crippen LogP contribution in [-0.2, 0) is 38.0 Å². The fourth-order valence-electron chi connectivity index (χ4n) is 8.04. The van der Waals surface area contributed by atoms with Crippen molar-refractivity contribution < 1.29 is 73.8 Å². The summed E-state index contributed by atoms with van der Waals surface area (Å²) in [6, 6.07) is 0. The number of hydrogen-bond acceptors (Lipinski definition) is 15. The zero-order chi connectivity index (χ0) is 46.8. The molecule has 2 rings (SSSR count). The first-order chi connectivity index (χ1) is 31.0. The molecule has 1 unspecified atom stereocenters. The SMILES string of the molecule is CCCCCCCC/C=C\CCCCCCCC(=O)OC(COC(=O)CCCCCCCCCCCCCCC)CO[C@@H]1O[C@H](CO[C@H]2O[C@H](CO)[C@H](O)[C@H](O)[C@H]2O)[C@H](O)[C@H](O)[C@H]1O. The summed E-state index contributed by atoms with van der Waals surface area (Å²) in [7, 11) is 0. The molecule has 7 N–H and O–H groups in total. The number of carbonyl (C=O) groups is 2. The first-order valence-electron chi connectivity index (χ1n) is 25.3. The van der Waals surface area contributed by atoms with E-state index >= 15 is 0 Å². The lowest BCUT2D eigenvalue weighted by molar-refractivity contribution is -0.332. The average Bonchev–Trinajstić information content (AvgIpc) is 3.29. The second-order valence-electron chi connectivity index (χ2n) is 18.0. The van der Waals surface area contributed by atoms with Crippen molar-refractivity contribution >= 4 is 11.9 Å². The molecule has 2 aliphatic heterocycles. The summed E-state index contributed by atoms with van der Waals surface area (Å²) in [6.45, 7) is 2.58. The number of allylic oxidation sites excluding steroid dienone is 2. The van der Waals surface area contributed by atoms with Crippen molar-refractivity contribution in [2.75, 3.05) is 26.4 Å². The Morgan fingerprint density at radius 1 is 0.484 bits per heavy atom. The highest BCUT2D eigenvalue weighted by Gasteiger charge is 2.47. The third-order valence-corrected chi connectivity index (χ3v) is 12.2. The Hall–Kier alpha value is -1.76.